The van der Waals surface area contributed by atoms with E-state index in [1.54, 1.807) is 4.57 Å². The second kappa shape index (κ2) is 3.70. The first-order valence-corrected chi connectivity index (χ1v) is 4.50. The van der Waals surface area contributed by atoms with Gasteiger partial charge in [-0.3, -0.25) is 14.8 Å². The first kappa shape index (κ1) is 9.66. The molecule has 0 spiro atoms. The zero-order valence-corrected chi connectivity index (χ0v) is 7.86. The minimum absolute atomic E-state index is 0.0426. The van der Waals surface area contributed by atoms with Crippen LogP contribution in [0.5, 0.6) is 0 Å². The highest BCUT2D eigenvalue weighted by Crippen LogP contribution is 2.02. The van der Waals surface area contributed by atoms with E-state index >= 15 is 0 Å². The number of aliphatic hydroxyl groups is 1. The lowest BCUT2D eigenvalue weighted by molar-refractivity contribution is 0.280. The largest absolute Gasteiger partial charge is 0.396 e. The molecule has 0 aromatic carbocycles. The van der Waals surface area contributed by atoms with Crippen LogP contribution in [0, 0.1) is 0 Å². The van der Waals surface area contributed by atoms with E-state index in [9.17, 15) is 9.59 Å². The number of fused-ring (bicyclic) bond motifs is 1. The predicted molar refractivity (Wildman–Crippen MR) is 52.7 cm³/mol. The SMILES string of the molecule is O=c1[nH]c(=O)c2c(ncn2CCCO)[nH]1. The maximum absolute atomic E-state index is 11.4. The van der Waals surface area contributed by atoms with Gasteiger partial charge in [0, 0.05) is 13.2 Å². The summed E-state index contributed by atoms with van der Waals surface area (Å²) in [6.07, 6.45) is 2.00. The third-order valence-electron chi connectivity index (χ3n) is 2.07. The van der Waals surface area contributed by atoms with Gasteiger partial charge in [0.25, 0.3) is 5.56 Å². The number of hydrogen-bond donors (Lipinski definition) is 3. The van der Waals surface area contributed by atoms with Gasteiger partial charge in [-0.1, -0.05) is 0 Å². The zero-order valence-electron chi connectivity index (χ0n) is 7.86. The molecule has 0 aliphatic carbocycles. The Labute approximate surface area is 83.4 Å². The minimum atomic E-state index is -0.570. The Balaban J connectivity index is 2.59. The molecular weight excluding hydrogens is 200 g/mol. The van der Waals surface area contributed by atoms with E-state index in [1.165, 1.54) is 6.33 Å². The van der Waals surface area contributed by atoms with Crippen LogP contribution in [-0.4, -0.2) is 31.2 Å². The molecule has 0 saturated carbocycles. The van der Waals surface area contributed by atoms with Crippen LogP contribution in [0.1, 0.15) is 6.42 Å². The van der Waals surface area contributed by atoms with E-state index in [-0.39, 0.29) is 12.3 Å². The zero-order chi connectivity index (χ0) is 10.8. The molecule has 0 atom stereocenters. The van der Waals surface area contributed by atoms with E-state index in [2.05, 4.69) is 15.0 Å². The summed E-state index contributed by atoms with van der Waals surface area (Å²) in [6.45, 7) is 0.531. The molecule has 0 aliphatic rings. The van der Waals surface area contributed by atoms with Gasteiger partial charge in [-0.05, 0) is 6.42 Å². The van der Waals surface area contributed by atoms with Crippen molar-refractivity contribution in [3.05, 3.63) is 27.2 Å². The van der Waals surface area contributed by atoms with E-state index in [0.29, 0.717) is 18.5 Å². The first-order valence-electron chi connectivity index (χ1n) is 4.50. The molecule has 7 heteroatoms. The maximum atomic E-state index is 11.4. The van der Waals surface area contributed by atoms with Crippen LogP contribution in [0.15, 0.2) is 15.9 Å². The monoisotopic (exact) mass is 210 g/mol. The number of H-pyrrole nitrogens is 2. The lowest BCUT2D eigenvalue weighted by Gasteiger charge is -1.99. The quantitative estimate of drug-likeness (QED) is 0.591. The van der Waals surface area contributed by atoms with Gasteiger partial charge in [0.1, 0.15) is 0 Å². The van der Waals surface area contributed by atoms with Crippen LogP contribution in [0.25, 0.3) is 11.2 Å². The van der Waals surface area contributed by atoms with E-state index in [0.717, 1.165) is 0 Å². The molecule has 0 amide bonds. The standard InChI is InChI=1S/C8H10N4O3/c13-3-1-2-12-4-9-6-5(12)7(14)11-8(15)10-6/h4,13H,1-3H2,(H2,10,11,14,15). The lowest BCUT2D eigenvalue weighted by atomic mass is 10.4. The van der Waals surface area contributed by atoms with Crippen molar-refractivity contribution >= 4 is 11.2 Å². The Morgan fingerprint density at radius 2 is 2.20 bits per heavy atom. The summed E-state index contributed by atoms with van der Waals surface area (Å²) in [6, 6.07) is 0. The van der Waals surface area contributed by atoms with Crippen LogP contribution in [0.3, 0.4) is 0 Å². The van der Waals surface area contributed by atoms with E-state index in [1.807, 2.05) is 0 Å². The normalized spacial score (nSPS) is 11.0. The van der Waals surface area contributed by atoms with E-state index in [4.69, 9.17) is 5.11 Å². The van der Waals surface area contributed by atoms with Crippen molar-refractivity contribution in [2.45, 2.75) is 13.0 Å². The summed E-state index contributed by atoms with van der Waals surface area (Å²) in [7, 11) is 0. The summed E-state index contributed by atoms with van der Waals surface area (Å²) in [4.78, 5) is 30.8. The number of rotatable bonds is 3. The number of aromatic nitrogens is 4. The first-order chi connectivity index (χ1) is 7.22. The molecular formula is C8H10N4O3. The molecule has 7 nitrogen and oxygen atoms in total. The molecule has 80 valence electrons. The fraction of sp³-hybridized carbons (Fsp3) is 0.375. The Morgan fingerprint density at radius 3 is 2.93 bits per heavy atom. The molecule has 15 heavy (non-hydrogen) atoms. The van der Waals surface area contributed by atoms with Gasteiger partial charge in [-0.2, -0.15) is 0 Å². The highest BCUT2D eigenvalue weighted by Gasteiger charge is 2.07. The van der Waals surface area contributed by atoms with Gasteiger partial charge in [-0.25, -0.2) is 9.78 Å². The Kier molecular flexibility index (Phi) is 2.38. The van der Waals surface area contributed by atoms with Crippen molar-refractivity contribution in [3.8, 4) is 0 Å². The van der Waals surface area contributed by atoms with Crippen LogP contribution < -0.4 is 11.2 Å². The average molecular weight is 210 g/mol. The third-order valence-corrected chi connectivity index (χ3v) is 2.07. The summed E-state index contributed by atoms with van der Waals surface area (Å²) in [5.74, 6) is 0. The van der Waals surface area contributed by atoms with Gasteiger partial charge in [-0.15, -0.1) is 0 Å². The maximum Gasteiger partial charge on any atom is 0.327 e. The Bertz CT molecular complexity index is 579. The molecule has 2 aromatic rings. The number of aromatic amines is 2. The smallest absolute Gasteiger partial charge is 0.327 e. The second-order valence-corrected chi connectivity index (χ2v) is 3.12. The molecule has 0 unspecified atom stereocenters. The summed E-state index contributed by atoms with van der Waals surface area (Å²) in [5, 5.41) is 8.67. The Hall–Kier alpha value is -1.89. The molecule has 2 aromatic heterocycles. The number of nitrogens with zero attached hydrogens (tertiary/aromatic N) is 2. The molecule has 0 saturated heterocycles. The van der Waals surface area contributed by atoms with Crippen LogP contribution in [0.4, 0.5) is 0 Å². The predicted octanol–water partition coefficient (Wildman–Crippen LogP) is -1.20. The highest BCUT2D eigenvalue weighted by atomic mass is 16.3. The molecule has 0 bridgehead atoms. The van der Waals surface area contributed by atoms with Gasteiger partial charge >= 0.3 is 5.69 Å². The lowest BCUT2D eigenvalue weighted by Crippen LogP contribution is -2.23. The fourth-order valence-corrected chi connectivity index (χ4v) is 1.42. The van der Waals surface area contributed by atoms with Gasteiger partial charge < -0.3 is 9.67 Å². The number of hydrogen-bond acceptors (Lipinski definition) is 4. The van der Waals surface area contributed by atoms with E-state index < -0.39 is 11.2 Å². The number of aryl methyl sites for hydroxylation is 1. The number of imidazole rings is 1. The van der Waals surface area contributed by atoms with Crippen LogP contribution in [0.2, 0.25) is 0 Å². The van der Waals surface area contributed by atoms with Crippen molar-refractivity contribution in [1.82, 2.24) is 19.5 Å². The number of aliphatic hydroxyl groups excluding tert-OH is 1. The summed E-state index contributed by atoms with van der Waals surface area (Å²) < 4.78 is 1.60. The molecule has 3 N–H and O–H groups in total. The summed E-state index contributed by atoms with van der Waals surface area (Å²) in [5.41, 5.74) is -0.450. The fourth-order valence-electron chi connectivity index (χ4n) is 1.42. The molecule has 0 fully saturated rings. The third kappa shape index (κ3) is 1.68. The Morgan fingerprint density at radius 1 is 1.40 bits per heavy atom. The topological polar surface area (TPSA) is 104 Å². The van der Waals surface area contributed by atoms with Crippen molar-refractivity contribution < 1.29 is 5.11 Å². The van der Waals surface area contributed by atoms with Crippen molar-refractivity contribution in [3.63, 3.8) is 0 Å². The summed E-state index contributed by atoms with van der Waals surface area (Å²) >= 11 is 0. The van der Waals surface area contributed by atoms with Crippen LogP contribution in [-0.2, 0) is 6.54 Å². The highest BCUT2D eigenvalue weighted by molar-refractivity contribution is 5.68. The molecule has 0 radical (unpaired) electrons. The molecule has 2 rings (SSSR count). The van der Waals surface area contributed by atoms with Gasteiger partial charge in [0.2, 0.25) is 0 Å². The number of nitrogens with one attached hydrogen (secondary N) is 2. The molecule has 0 aliphatic heterocycles. The molecule has 2 heterocycles. The second-order valence-electron chi connectivity index (χ2n) is 3.12. The van der Waals surface area contributed by atoms with Crippen molar-refractivity contribution in [2.24, 2.45) is 0 Å². The minimum Gasteiger partial charge on any atom is -0.396 e. The van der Waals surface area contributed by atoms with Crippen molar-refractivity contribution in [2.75, 3.05) is 6.61 Å². The van der Waals surface area contributed by atoms with Gasteiger partial charge in [0.05, 0.1) is 6.33 Å². The van der Waals surface area contributed by atoms with Crippen LogP contribution >= 0.6 is 0 Å². The average Bonchev–Trinajstić information content (AvgIpc) is 2.58. The van der Waals surface area contributed by atoms with Gasteiger partial charge in [0.15, 0.2) is 11.2 Å². The van der Waals surface area contributed by atoms with Crippen molar-refractivity contribution in [1.29, 1.82) is 0 Å².